The van der Waals surface area contributed by atoms with Crippen LogP contribution in [0.1, 0.15) is 16.3 Å². The van der Waals surface area contributed by atoms with E-state index in [0.717, 1.165) is 0 Å². The molecule has 82 valence electrons. The van der Waals surface area contributed by atoms with Crippen molar-refractivity contribution in [3.05, 3.63) is 48.2 Å². The van der Waals surface area contributed by atoms with E-state index < -0.39 is 0 Å². The lowest BCUT2D eigenvalue weighted by molar-refractivity contribution is 0.0995. The van der Waals surface area contributed by atoms with Crippen LogP contribution in [0.4, 0.5) is 5.69 Å². The van der Waals surface area contributed by atoms with Crippen molar-refractivity contribution in [1.82, 2.24) is 4.98 Å². The van der Waals surface area contributed by atoms with Gasteiger partial charge in [0.25, 0.3) is 5.91 Å². The third-order valence-corrected chi connectivity index (χ3v) is 2.02. The molecule has 2 heterocycles. The number of nitrogens with two attached hydrogens (primary N) is 1. The Bertz CT molecular complexity index is 479. The molecule has 1 amide bonds. The molecular weight excluding hydrogens is 206 g/mol. The summed E-state index contributed by atoms with van der Waals surface area (Å²) in [6, 6.07) is 6.68. The van der Waals surface area contributed by atoms with Crippen molar-refractivity contribution in [3.8, 4) is 0 Å². The van der Waals surface area contributed by atoms with Crippen molar-refractivity contribution in [3.63, 3.8) is 0 Å². The summed E-state index contributed by atoms with van der Waals surface area (Å²) in [5.74, 6) is 0.531. The monoisotopic (exact) mass is 217 g/mol. The van der Waals surface area contributed by atoms with E-state index in [1.807, 2.05) is 0 Å². The highest BCUT2D eigenvalue weighted by atomic mass is 16.4. The average Bonchev–Trinajstić information content (AvgIpc) is 2.79. The Hall–Kier alpha value is -2.14. The minimum atomic E-state index is -0.300. The summed E-state index contributed by atoms with van der Waals surface area (Å²) in [5.41, 5.74) is 6.05. The first-order valence-electron chi connectivity index (χ1n) is 4.80. The number of hydrogen-bond donors (Lipinski definition) is 2. The van der Waals surface area contributed by atoms with Crippen molar-refractivity contribution >= 4 is 11.6 Å². The molecule has 0 fully saturated rings. The summed E-state index contributed by atoms with van der Waals surface area (Å²) in [6.45, 7) is 0.280. The van der Waals surface area contributed by atoms with Gasteiger partial charge in [0.2, 0.25) is 0 Å². The van der Waals surface area contributed by atoms with E-state index in [-0.39, 0.29) is 18.2 Å². The molecule has 0 aromatic carbocycles. The van der Waals surface area contributed by atoms with Crippen LogP contribution in [0.3, 0.4) is 0 Å². The number of pyridine rings is 1. The molecular formula is C11H11N3O2. The molecule has 16 heavy (non-hydrogen) atoms. The lowest BCUT2D eigenvalue weighted by Gasteiger charge is -2.01. The molecule has 0 unspecified atom stereocenters. The topological polar surface area (TPSA) is 81.2 Å². The van der Waals surface area contributed by atoms with Gasteiger partial charge in [0, 0.05) is 18.1 Å². The van der Waals surface area contributed by atoms with E-state index in [9.17, 15) is 4.79 Å². The maximum Gasteiger partial charge on any atom is 0.291 e. The van der Waals surface area contributed by atoms with Gasteiger partial charge in [0.05, 0.1) is 6.54 Å². The summed E-state index contributed by atoms with van der Waals surface area (Å²) in [4.78, 5) is 15.5. The first kappa shape index (κ1) is 10.4. The van der Waals surface area contributed by atoms with Crippen LogP contribution >= 0.6 is 0 Å². The van der Waals surface area contributed by atoms with Crippen molar-refractivity contribution in [2.24, 2.45) is 5.73 Å². The number of nitrogens with zero attached hydrogens (tertiary/aromatic N) is 1. The highest BCUT2D eigenvalue weighted by Crippen LogP contribution is 2.10. The van der Waals surface area contributed by atoms with Crippen LogP contribution < -0.4 is 11.1 Å². The number of carbonyl (C=O) groups is 1. The minimum Gasteiger partial charge on any atom is -0.455 e. The summed E-state index contributed by atoms with van der Waals surface area (Å²) in [6.07, 6.45) is 3.20. The van der Waals surface area contributed by atoms with Crippen LogP contribution in [0.2, 0.25) is 0 Å². The molecule has 0 aliphatic carbocycles. The molecule has 5 nitrogen and oxygen atoms in total. The second kappa shape index (κ2) is 4.59. The SMILES string of the molecule is NCc1ccc(C(=O)Nc2ccncc2)o1. The zero-order chi connectivity index (χ0) is 11.4. The second-order valence-corrected chi connectivity index (χ2v) is 3.16. The zero-order valence-corrected chi connectivity index (χ0v) is 8.51. The van der Waals surface area contributed by atoms with E-state index in [0.29, 0.717) is 11.4 Å². The Labute approximate surface area is 92.3 Å². The lowest BCUT2D eigenvalue weighted by Crippen LogP contribution is -2.10. The predicted octanol–water partition coefficient (Wildman–Crippen LogP) is 1.39. The van der Waals surface area contributed by atoms with E-state index in [1.54, 1.807) is 36.7 Å². The van der Waals surface area contributed by atoms with Gasteiger partial charge >= 0.3 is 0 Å². The molecule has 0 saturated heterocycles. The van der Waals surface area contributed by atoms with E-state index in [4.69, 9.17) is 10.2 Å². The highest BCUT2D eigenvalue weighted by Gasteiger charge is 2.10. The van der Waals surface area contributed by atoms with Crippen LogP contribution in [0, 0.1) is 0 Å². The predicted molar refractivity (Wildman–Crippen MR) is 58.8 cm³/mol. The maximum atomic E-state index is 11.7. The molecule has 0 aliphatic heterocycles. The van der Waals surface area contributed by atoms with Gasteiger partial charge < -0.3 is 15.5 Å². The lowest BCUT2D eigenvalue weighted by atomic mass is 10.3. The molecule has 5 heteroatoms. The largest absolute Gasteiger partial charge is 0.455 e. The molecule has 0 atom stereocenters. The zero-order valence-electron chi connectivity index (χ0n) is 8.51. The van der Waals surface area contributed by atoms with Gasteiger partial charge in [-0.2, -0.15) is 0 Å². The number of anilines is 1. The van der Waals surface area contributed by atoms with Gasteiger partial charge in [-0.25, -0.2) is 0 Å². The molecule has 0 saturated carbocycles. The Balaban J connectivity index is 2.09. The molecule has 0 radical (unpaired) electrons. The first-order chi connectivity index (χ1) is 7.79. The summed E-state index contributed by atoms with van der Waals surface area (Å²) < 4.78 is 5.21. The third kappa shape index (κ3) is 2.26. The van der Waals surface area contributed by atoms with Gasteiger partial charge in [-0.15, -0.1) is 0 Å². The molecule has 2 aromatic heterocycles. The quantitative estimate of drug-likeness (QED) is 0.813. The minimum absolute atomic E-state index is 0.247. The maximum absolute atomic E-state index is 11.7. The van der Waals surface area contributed by atoms with Crippen molar-refractivity contribution in [2.45, 2.75) is 6.54 Å². The fraction of sp³-hybridized carbons (Fsp3) is 0.0909. The number of furan rings is 1. The fourth-order valence-corrected chi connectivity index (χ4v) is 1.24. The van der Waals surface area contributed by atoms with Gasteiger partial charge in [-0.1, -0.05) is 0 Å². The van der Waals surface area contributed by atoms with Crippen LogP contribution in [-0.4, -0.2) is 10.9 Å². The molecule has 0 bridgehead atoms. The number of amides is 1. The average molecular weight is 217 g/mol. The third-order valence-electron chi connectivity index (χ3n) is 2.02. The number of carbonyl (C=O) groups excluding carboxylic acids is 1. The molecule has 2 rings (SSSR count). The van der Waals surface area contributed by atoms with Gasteiger partial charge in [-0.05, 0) is 24.3 Å². The van der Waals surface area contributed by atoms with Crippen molar-refractivity contribution in [2.75, 3.05) is 5.32 Å². The van der Waals surface area contributed by atoms with Gasteiger partial charge in [0.15, 0.2) is 5.76 Å². The number of rotatable bonds is 3. The first-order valence-corrected chi connectivity index (χ1v) is 4.80. The number of nitrogens with one attached hydrogen (secondary N) is 1. The van der Waals surface area contributed by atoms with Crippen LogP contribution in [-0.2, 0) is 6.54 Å². The number of hydrogen-bond acceptors (Lipinski definition) is 4. The molecule has 3 N–H and O–H groups in total. The fourth-order valence-electron chi connectivity index (χ4n) is 1.24. The summed E-state index contributed by atoms with van der Waals surface area (Å²) in [7, 11) is 0. The Kier molecular flexibility index (Phi) is 2.98. The van der Waals surface area contributed by atoms with Crippen LogP contribution in [0.25, 0.3) is 0 Å². The van der Waals surface area contributed by atoms with Gasteiger partial charge in [-0.3, -0.25) is 9.78 Å². The Morgan fingerprint density at radius 3 is 2.69 bits per heavy atom. The summed E-state index contributed by atoms with van der Waals surface area (Å²) >= 11 is 0. The summed E-state index contributed by atoms with van der Waals surface area (Å²) in [5, 5.41) is 2.68. The standard InChI is InChI=1S/C11H11N3O2/c12-7-9-1-2-10(16-9)11(15)14-8-3-5-13-6-4-8/h1-6H,7,12H2,(H,13,14,15). The highest BCUT2D eigenvalue weighted by molar-refractivity contribution is 6.02. The van der Waals surface area contributed by atoms with Crippen molar-refractivity contribution < 1.29 is 9.21 Å². The Morgan fingerprint density at radius 2 is 2.06 bits per heavy atom. The molecule has 0 spiro atoms. The van der Waals surface area contributed by atoms with Gasteiger partial charge in [0.1, 0.15) is 5.76 Å². The Morgan fingerprint density at radius 1 is 1.31 bits per heavy atom. The molecule has 0 aliphatic rings. The van der Waals surface area contributed by atoms with E-state index >= 15 is 0 Å². The number of aromatic nitrogens is 1. The normalized spacial score (nSPS) is 10.1. The second-order valence-electron chi connectivity index (χ2n) is 3.16. The van der Waals surface area contributed by atoms with Crippen molar-refractivity contribution in [1.29, 1.82) is 0 Å². The van der Waals surface area contributed by atoms with Crippen LogP contribution in [0.5, 0.6) is 0 Å². The smallest absolute Gasteiger partial charge is 0.291 e. The molecule has 2 aromatic rings. The van der Waals surface area contributed by atoms with E-state index in [2.05, 4.69) is 10.3 Å². The van der Waals surface area contributed by atoms with Crippen LogP contribution in [0.15, 0.2) is 41.1 Å². The van der Waals surface area contributed by atoms with E-state index in [1.165, 1.54) is 0 Å².